The average molecular weight is 354 g/mol. The van der Waals surface area contributed by atoms with Crippen molar-refractivity contribution in [1.29, 1.82) is 0 Å². The summed E-state index contributed by atoms with van der Waals surface area (Å²) in [5.74, 6) is -0.325. The second kappa shape index (κ2) is 6.83. The summed E-state index contributed by atoms with van der Waals surface area (Å²) in [6.07, 6.45) is -2.13. The maximum atomic E-state index is 13.3. The molecular weight excluding hydrogens is 337 g/mol. The van der Waals surface area contributed by atoms with Gasteiger partial charge in [-0.1, -0.05) is 23.4 Å². The number of aliphatic hydroxyl groups is 1. The minimum absolute atomic E-state index is 0.0145. The van der Waals surface area contributed by atoms with Crippen LogP contribution in [0.2, 0.25) is 0 Å². The Hall–Kier alpha value is -2.42. The first kappa shape index (κ1) is 17.4. The van der Waals surface area contributed by atoms with Crippen molar-refractivity contribution in [2.75, 3.05) is 6.54 Å². The summed E-state index contributed by atoms with van der Waals surface area (Å²) in [5.41, 5.74) is -0.760. The number of amides is 1. The maximum absolute atomic E-state index is 13.3. The van der Waals surface area contributed by atoms with E-state index in [0.717, 1.165) is 6.07 Å². The highest BCUT2D eigenvalue weighted by Gasteiger charge is 2.41. The van der Waals surface area contributed by atoms with E-state index in [-0.39, 0.29) is 37.4 Å². The number of nitrogens with zero attached hydrogens (tertiary/aromatic N) is 4. The average Bonchev–Trinajstić information content (AvgIpc) is 3.21. The molecule has 0 unspecified atom stereocenters. The number of rotatable bonds is 4. The molecule has 0 bridgehead atoms. The highest BCUT2D eigenvalue weighted by Crippen LogP contribution is 2.40. The van der Waals surface area contributed by atoms with Crippen LogP contribution in [-0.4, -0.2) is 43.6 Å². The van der Waals surface area contributed by atoms with Crippen molar-refractivity contribution < 1.29 is 23.1 Å². The minimum Gasteiger partial charge on any atom is -0.391 e. The molecule has 2 heterocycles. The van der Waals surface area contributed by atoms with Crippen LogP contribution in [0.4, 0.5) is 13.2 Å². The molecule has 0 aliphatic carbocycles. The number of aromatic nitrogens is 3. The van der Waals surface area contributed by atoms with Gasteiger partial charge >= 0.3 is 6.18 Å². The van der Waals surface area contributed by atoms with Crippen molar-refractivity contribution in [2.24, 2.45) is 0 Å². The number of halogens is 3. The number of carbonyl (C=O) groups excluding carboxylic acids is 1. The molecule has 2 atom stereocenters. The Morgan fingerprint density at radius 3 is 2.76 bits per heavy atom. The predicted octanol–water partition coefficient (Wildman–Crippen LogP) is 2.02. The monoisotopic (exact) mass is 354 g/mol. The molecule has 1 aromatic carbocycles. The van der Waals surface area contributed by atoms with Gasteiger partial charge in [-0.15, -0.1) is 5.10 Å². The van der Waals surface area contributed by atoms with Crippen LogP contribution in [0.1, 0.15) is 30.0 Å². The molecule has 0 saturated carbocycles. The molecule has 1 aromatic heterocycles. The number of likely N-dealkylation sites (tertiary alicyclic amines) is 1. The lowest BCUT2D eigenvalue weighted by molar-refractivity contribution is -0.140. The van der Waals surface area contributed by atoms with Crippen LogP contribution in [0.3, 0.4) is 0 Å². The lowest BCUT2D eigenvalue weighted by Crippen LogP contribution is -2.33. The maximum Gasteiger partial charge on any atom is 0.416 e. The van der Waals surface area contributed by atoms with Crippen molar-refractivity contribution in [2.45, 2.75) is 37.7 Å². The summed E-state index contributed by atoms with van der Waals surface area (Å²) >= 11 is 0. The third-order valence-corrected chi connectivity index (χ3v) is 4.25. The van der Waals surface area contributed by atoms with E-state index < -0.39 is 23.9 Å². The Morgan fingerprint density at radius 1 is 1.32 bits per heavy atom. The fraction of sp³-hybridized carbons (Fsp3) is 0.438. The molecule has 6 nitrogen and oxygen atoms in total. The second-order valence-electron chi connectivity index (χ2n) is 5.95. The molecule has 9 heteroatoms. The van der Waals surface area contributed by atoms with Gasteiger partial charge in [-0.2, -0.15) is 13.2 Å². The number of benzene rings is 1. The molecule has 1 aliphatic rings. The van der Waals surface area contributed by atoms with Crippen LogP contribution in [0, 0.1) is 0 Å². The largest absolute Gasteiger partial charge is 0.416 e. The van der Waals surface area contributed by atoms with Gasteiger partial charge in [-0.25, -0.2) is 0 Å². The van der Waals surface area contributed by atoms with Crippen LogP contribution < -0.4 is 0 Å². The van der Waals surface area contributed by atoms with Gasteiger partial charge in [0.15, 0.2) is 0 Å². The highest BCUT2D eigenvalue weighted by molar-refractivity contribution is 5.77. The van der Waals surface area contributed by atoms with E-state index in [4.69, 9.17) is 0 Å². The van der Waals surface area contributed by atoms with Crippen LogP contribution >= 0.6 is 0 Å². The van der Waals surface area contributed by atoms with E-state index in [1.807, 2.05) is 0 Å². The molecule has 1 N–H and O–H groups in total. The zero-order chi connectivity index (χ0) is 18.0. The molecule has 1 fully saturated rings. The molecule has 25 heavy (non-hydrogen) atoms. The second-order valence-corrected chi connectivity index (χ2v) is 5.95. The quantitative estimate of drug-likeness (QED) is 0.912. The van der Waals surface area contributed by atoms with Gasteiger partial charge in [0.1, 0.15) is 0 Å². The SMILES string of the molecule is O=C(CCn1ccnn1)N1C[C@@H](O)C[C@@H]1c1ccccc1C(F)(F)F. The van der Waals surface area contributed by atoms with E-state index in [2.05, 4.69) is 10.3 Å². The van der Waals surface area contributed by atoms with Crippen molar-refractivity contribution in [3.8, 4) is 0 Å². The Kier molecular flexibility index (Phi) is 4.76. The lowest BCUT2D eigenvalue weighted by atomic mass is 9.97. The molecule has 0 spiro atoms. The molecule has 3 rings (SSSR count). The van der Waals surface area contributed by atoms with Gasteiger partial charge in [0.2, 0.25) is 5.91 Å². The molecular formula is C16H17F3N4O2. The van der Waals surface area contributed by atoms with Crippen molar-refractivity contribution in [3.63, 3.8) is 0 Å². The summed E-state index contributed by atoms with van der Waals surface area (Å²) in [6, 6.07) is 4.39. The Bertz CT molecular complexity index is 733. The topological polar surface area (TPSA) is 71.2 Å². The van der Waals surface area contributed by atoms with Crippen molar-refractivity contribution in [1.82, 2.24) is 19.9 Å². The van der Waals surface area contributed by atoms with Gasteiger partial charge in [-0.05, 0) is 18.1 Å². The molecule has 2 aromatic rings. The number of carbonyl (C=O) groups is 1. The highest BCUT2D eigenvalue weighted by atomic mass is 19.4. The number of hydrogen-bond acceptors (Lipinski definition) is 4. The number of β-amino-alcohol motifs (C(OH)–C–C–N with tert-alkyl or cyclic N) is 1. The van der Waals surface area contributed by atoms with Gasteiger partial charge in [0.05, 0.1) is 30.5 Å². The third kappa shape index (κ3) is 3.81. The summed E-state index contributed by atoms with van der Waals surface area (Å²) in [7, 11) is 0. The number of aryl methyl sites for hydroxylation is 1. The van der Waals surface area contributed by atoms with Crippen molar-refractivity contribution >= 4 is 5.91 Å². The van der Waals surface area contributed by atoms with E-state index in [9.17, 15) is 23.1 Å². The molecule has 1 saturated heterocycles. The summed E-state index contributed by atoms with van der Waals surface area (Å²) in [4.78, 5) is 13.8. The lowest BCUT2D eigenvalue weighted by Gasteiger charge is -2.27. The van der Waals surface area contributed by atoms with Gasteiger partial charge in [0.25, 0.3) is 0 Å². The third-order valence-electron chi connectivity index (χ3n) is 4.25. The molecule has 0 radical (unpaired) electrons. The predicted molar refractivity (Wildman–Crippen MR) is 81.2 cm³/mol. The van der Waals surface area contributed by atoms with E-state index in [1.165, 1.54) is 34.0 Å². The summed E-state index contributed by atoms with van der Waals surface area (Å²) in [5, 5.41) is 17.3. The smallest absolute Gasteiger partial charge is 0.391 e. The molecule has 134 valence electrons. The first-order valence-electron chi connectivity index (χ1n) is 7.84. The first-order valence-corrected chi connectivity index (χ1v) is 7.84. The fourth-order valence-electron chi connectivity index (χ4n) is 3.14. The van der Waals surface area contributed by atoms with Crippen LogP contribution in [0.5, 0.6) is 0 Å². The molecule has 1 amide bonds. The minimum atomic E-state index is -4.51. The standard InChI is InChI=1S/C16H17F3N4O2/c17-16(18,19)13-4-2-1-3-12(13)14-9-11(24)10-23(14)15(25)5-7-22-8-6-20-21-22/h1-4,6,8,11,14,24H,5,7,9-10H2/t11-,14+/m0/s1. The Labute approximate surface area is 141 Å². The Morgan fingerprint density at radius 2 is 2.08 bits per heavy atom. The fourth-order valence-corrected chi connectivity index (χ4v) is 3.14. The molecule has 1 aliphatic heterocycles. The van der Waals surface area contributed by atoms with E-state index in [0.29, 0.717) is 0 Å². The van der Waals surface area contributed by atoms with Crippen molar-refractivity contribution in [3.05, 3.63) is 47.8 Å². The Balaban J connectivity index is 1.81. The van der Waals surface area contributed by atoms with Gasteiger partial charge in [0, 0.05) is 19.2 Å². The number of aliphatic hydroxyl groups excluding tert-OH is 1. The van der Waals surface area contributed by atoms with Crippen LogP contribution in [-0.2, 0) is 17.5 Å². The van der Waals surface area contributed by atoms with Crippen LogP contribution in [0.25, 0.3) is 0 Å². The van der Waals surface area contributed by atoms with Gasteiger partial charge in [-0.3, -0.25) is 9.48 Å². The number of alkyl halides is 3. The first-order chi connectivity index (χ1) is 11.9. The van der Waals surface area contributed by atoms with E-state index in [1.54, 1.807) is 6.20 Å². The van der Waals surface area contributed by atoms with Crippen LogP contribution in [0.15, 0.2) is 36.7 Å². The van der Waals surface area contributed by atoms with E-state index >= 15 is 0 Å². The zero-order valence-electron chi connectivity index (χ0n) is 13.2. The summed E-state index contributed by atoms with van der Waals surface area (Å²) in [6.45, 7) is 0.298. The summed E-state index contributed by atoms with van der Waals surface area (Å²) < 4.78 is 41.3. The number of hydrogen-bond donors (Lipinski definition) is 1. The normalized spacial score (nSPS) is 20.9. The van der Waals surface area contributed by atoms with Gasteiger partial charge < -0.3 is 10.0 Å². The zero-order valence-corrected chi connectivity index (χ0v) is 13.2.